The highest BCUT2D eigenvalue weighted by Crippen LogP contribution is 2.27. The number of hydrogen-bond acceptors (Lipinski definition) is 3. The van der Waals surface area contributed by atoms with Gasteiger partial charge in [-0.05, 0) is 19.8 Å². The largest absolute Gasteiger partial charge is 0.543 e. The van der Waals surface area contributed by atoms with Crippen LogP contribution in [0.1, 0.15) is 91.4 Å². The van der Waals surface area contributed by atoms with E-state index in [0.29, 0.717) is 0 Å². The number of carbonyl (C=O) groups excluding carboxylic acids is 1. The highest BCUT2D eigenvalue weighted by atomic mass is 16.4. The van der Waals surface area contributed by atoms with Crippen molar-refractivity contribution >= 4 is 11.9 Å². The average Bonchev–Trinajstić information content (AvgIpc) is 2.54. The molecular formula is C20H39NO4. The van der Waals surface area contributed by atoms with E-state index >= 15 is 0 Å². The normalized spacial score (nSPS) is 15.6. The Morgan fingerprint density at radius 1 is 0.960 bits per heavy atom. The van der Waals surface area contributed by atoms with Crippen LogP contribution in [0.15, 0.2) is 0 Å². The summed E-state index contributed by atoms with van der Waals surface area (Å²) in [5.41, 5.74) is -1.93. The van der Waals surface area contributed by atoms with Gasteiger partial charge in [-0.2, -0.15) is 0 Å². The summed E-state index contributed by atoms with van der Waals surface area (Å²) < 4.78 is -0.109. The average molecular weight is 358 g/mol. The van der Waals surface area contributed by atoms with E-state index < -0.39 is 17.5 Å². The predicted octanol–water partition coefficient (Wildman–Crippen LogP) is 3.36. The first kappa shape index (κ1) is 23.9. The monoisotopic (exact) mass is 357 g/mol. The minimum absolute atomic E-state index is 0.0620. The molecule has 0 fully saturated rings. The molecule has 0 bridgehead atoms. The molecule has 0 aromatic carbocycles. The minimum atomic E-state index is -1.93. The number of rotatable bonds is 15. The molecule has 0 aliphatic heterocycles. The molecule has 2 unspecified atom stereocenters. The Balaban J connectivity index is 4.14. The fraction of sp³-hybridized carbons (Fsp3) is 0.900. The second-order valence-electron chi connectivity index (χ2n) is 8.02. The maximum Gasteiger partial charge on any atom is 0.371 e. The van der Waals surface area contributed by atoms with Gasteiger partial charge in [0.05, 0.1) is 20.1 Å². The van der Waals surface area contributed by atoms with Gasteiger partial charge < -0.3 is 19.5 Å². The Morgan fingerprint density at radius 3 is 1.72 bits per heavy atom. The van der Waals surface area contributed by atoms with Gasteiger partial charge >= 0.3 is 5.97 Å². The first-order chi connectivity index (χ1) is 11.6. The molecule has 0 aromatic rings. The van der Waals surface area contributed by atoms with Crippen LogP contribution in [0.2, 0.25) is 0 Å². The summed E-state index contributed by atoms with van der Waals surface area (Å²) in [4.78, 5) is 23.0. The van der Waals surface area contributed by atoms with Crippen LogP contribution in [-0.2, 0) is 9.59 Å². The van der Waals surface area contributed by atoms with Crippen LogP contribution < -0.4 is 5.11 Å². The van der Waals surface area contributed by atoms with Crippen LogP contribution in [0.5, 0.6) is 0 Å². The lowest BCUT2D eigenvalue weighted by atomic mass is 9.93. The van der Waals surface area contributed by atoms with Gasteiger partial charge in [-0.15, -0.1) is 0 Å². The SMILES string of the molecule is CCCCCCCCCCCCC(C)[N+](C)(C)C(C)(C(=O)[O-])C(=O)O. The summed E-state index contributed by atoms with van der Waals surface area (Å²) in [5.74, 6) is -2.87. The molecule has 0 amide bonds. The second-order valence-corrected chi connectivity index (χ2v) is 8.02. The molecule has 25 heavy (non-hydrogen) atoms. The van der Waals surface area contributed by atoms with E-state index in [0.717, 1.165) is 19.3 Å². The summed E-state index contributed by atoms with van der Waals surface area (Å²) in [5, 5.41) is 20.8. The summed E-state index contributed by atoms with van der Waals surface area (Å²) in [6.45, 7) is 5.41. The Bertz CT molecular complexity index is 393. The molecule has 0 spiro atoms. The van der Waals surface area contributed by atoms with E-state index in [9.17, 15) is 19.8 Å². The van der Waals surface area contributed by atoms with Crippen molar-refractivity contribution in [3.63, 3.8) is 0 Å². The quantitative estimate of drug-likeness (QED) is 0.277. The molecule has 5 nitrogen and oxygen atoms in total. The topological polar surface area (TPSA) is 77.4 Å². The van der Waals surface area contributed by atoms with Gasteiger partial charge in [-0.1, -0.05) is 64.7 Å². The number of nitrogens with zero attached hydrogens (tertiary/aromatic N) is 1. The van der Waals surface area contributed by atoms with Gasteiger partial charge in [0.15, 0.2) is 0 Å². The van der Waals surface area contributed by atoms with E-state index in [1.807, 2.05) is 6.92 Å². The number of carboxylic acid groups (broad SMARTS) is 2. The van der Waals surface area contributed by atoms with Crippen molar-refractivity contribution < 1.29 is 24.3 Å². The molecular weight excluding hydrogens is 318 g/mol. The fourth-order valence-electron chi connectivity index (χ4n) is 3.26. The third kappa shape index (κ3) is 6.96. The van der Waals surface area contributed by atoms with Crippen LogP contribution in [-0.4, -0.2) is 47.2 Å². The molecule has 0 heterocycles. The summed E-state index contributed by atoms with van der Waals surface area (Å²) in [6.07, 6.45) is 13.3. The summed E-state index contributed by atoms with van der Waals surface area (Å²) >= 11 is 0. The first-order valence-corrected chi connectivity index (χ1v) is 9.90. The lowest BCUT2D eigenvalue weighted by Gasteiger charge is -2.48. The van der Waals surface area contributed by atoms with Crippen molar-refractivity contribution in [2.75, 3.05) is 14.1 Å². The van der Waals surface area contributed by atoms with E-state index in [-0.39, 0.29) is 10.5 Å². The van der Waals surface area contributed by atoms with E-state index in [1.165, 1.54) is 58.3 Å². The molecule has 0 saturated carbocycles. The van der Waals surface area contributed by atoms with Crippen molar-refractivity contribution in [2.24, 2.45) is 0 Å². The summed E-state index contributed by atoms with van der Waals surface area (Å²) in [6, 6.07) is -0.0620. The van der Waals surface area contributed by atoms with E-state index in [2.05, 4.69) is 6.92 Å². The maximum atomic E-state index is 11.5. The van der Waals surface area contributed by atoms with Crippen molar-refractivity contribution in [3.8, 4) is 0 Å². The molecule has 0 aromatic heterocycles. The van der Waals surface area contributed by atoms with Crippen LogP contribution in [0.3, 0.4) is 0 Å². The Kier molecular flexibility index (Phi) is 11.0. The number of hydrogen-bond donors (Lipinski definition) is 1. The van der Waals surface area contributed by atoms with Crippen molar-refractivity contribution in [2.45, 2.75) is 103 Å². The molecule has 2 atom stereocenters. The summed E-state index contributed by atoms with van der Waals surface area (Å²) in [7, 11) is 3.34. The predicted molar refractivity (Wildman–Crippen MR) is 99.1 cm³/mol. The molecule has 0 rings (SSSR count). The molecule has 5 heteroatoms. The second kappa shape index (κ2) is 11.5. The number of aliphatic carboxylic acids is 2. The fourth-order valence-corrected chi connectivity index (χ4v) is 3.26. The number of likely N-dealkylation sites (N-methyl/N-ethyl adjacent to an activating group) is 1. The van der Waals surface area contributed by atoms with Crippen molar-refractivity contribution in [3.05, 3.63) is 0 Å². The maximum absolute atomic E-state index is 11.5. The zero-order valence-corrected chi connectivity index (χ0v) is 17.0. The molecule has 1 N–H and O–H groups in total. The molecule has 0 aliphatic rings. The van der Waals surface area contributed by atoms with E-state index in [1.54, 1.807) is 14.1 Å². The smallest absolute Gasteiger partial charge is 0.371 e. The highest BCUT2D eigenvalue weighted by Gasteiger charge is 2.52. The number of unbranched alkanes of at least 4 members (excludes halogenated alkanes) is 9. The van der Waals surface area contributed by atoms with Gasteiger partial charge in [-0.25, -0.2) is 4.79 Å². The van der Waals surface area contributed by atoms with Crippen LogP contribution in [0, 0.1) is 0 Å². The van der Waals surface area contributed by atoms with Crippen LogP contribution in [0.25, 0.3) is 0 Å². The third-order valence-electron chi connectivity index (χ3n) is 6.04. The molecule has 0 radical (unpaired) electrons. The molecule has 0 saturated heterocycles. The van der Waals surface area contributed by atoms with Crippen LogP contribution in [0.4, 0.5) is 0 Å². The van der Waals surface area contributed by atoms with Gasteiger partial charge in [0.1, 0.15) is 5.97 Å². The zero-order valence-electron chi connectivity index (χ0n) is 17.0. The highest BCUT2D eigenvalue weighted by molar-refractivity contribution is 6.00. The minimum Gasteiger partial charge on any atom is -0.543 e. The van der Waals surface area contributed by atoms with Crippen LogP contribution >= 0.6 is 0 Å². The van der Waals surface area contributed by atoms with Crippen molar-refractivity contribution in [1.29, 1.82) is 0 Å². The van der Waals surface area contributed by atoms with E-state index in [4.69, 9.17) is 0 Å². The van der Waals surface area contributed by atoms with Crippen molar-refractivity contribution in [1.82, 2.24) is 0 Å². The zero-order chi connectivity index (χ0) is 19.5. The lowest BCUT2D eigenvalue weighted by molar-refractivity contribution is -0.944. The van der Waals surface area contributed by atoms with Gasteiger partial charge in [-0.3, -0.25) is 0 Å². The van der Waals surface area contributed by atoms with Gasteiger partial charge in [0, 0.05) is 6.92 Å². The van der Waals surface area contributed by atoms with Gasteiger partial charge in [0.25, 0.3) is 0 Å². The van der Waals surface area contributed by atoms with Gasteiger partial charge in [0.2, 0.25) is 5.54 Å². The number of carbonyl (C=O) groups is 2. The standard InChI is InChI=1S/C20H39NO4/c1-6-7-8-9-10-11-12-13-14-15-16-17(2)21(4,5)20(3,18(22)23)19(24)25/h17H,6-16H2,1-5H3,(H-,22,23,24,25). The lowest BCUT2D eigenvalue weighted by Crippen LogP contribution is -2.72. The number of carboxylic acids is 2. The Morgan fingerprint density at radius 2 is 1.36 bits per heavy atom. The molecule has 0 aliphatic carbocycles. The first-order valence-electron chi connectivity index (χ1n) is 9.90. The number of quaternary nitrogens is 1. The Labute approximate surface area is 154 Å². The third-order valence-corrected chi connectivity index (χ3v) is 6.04. The Hall–Kier alpha value is -1.10. The molecule has 148 valence electrons.